The fourth-order valence-corrected chi connectivity index (χ4v) is 4.88. The minimum atomic E-state index is -4.48. The van der Waals surface area contributed by atoms with Gasteiger partial charge in [-0.2, -0.15) is 13.2 Å². The number of nitrogens with one attached hydrogen (secondary N) is 1. The van der Waals surface area contributed by atoms with Gasteiger partial charge in [-0.3, -0.25) is 14.6 Å². The monoisotopic (exact) mass is 552 g/mol. The zero-order valence-electron chi connectivity index (χ0n) is 22.2. The van der Waals surface area contributed by atoms with E-state index in [0.29, 0.717) is 34.1 Å². The molecule has 0 spiro atoms. The van der Waals surface area contributed by atoms with Crippen LogP contribution in [0.3, 0.4) is 0 Å². The summed E-state index contributed by atoms with van der Waals surface area (Å²) in [5, 5.41) is 2.77. The molecule has 3 heterocycles. The van der Waals surface area contributed by atoms with Crippen molar-refractivity contribution in [2.24, 2.45) is 5.92 Å². The molecule has 0 bridgehead atoms. The number of hydrogen-bond donors (Lipinski definition) is 1. The summed E-state index contributed by atoms with van der Waals surface area (Å²) in [7, 11) is 2.01. The summed E-state index contributed by atoms with van der Waals surface area (Å²) >= 11 is 0. The van der Waals surface area contributed by atoms with E-state index in [4.69, 9.17) is 4.74 Å². The van der Waals surface area contributed by atoms with E-state index < -0.39 is 11.7 Å². The highest BCUT2D eigenvalue weighted by molar-refractivity contribution is 5.93. The van der Waals surface area contributed by atoms with Crippen LogP contribution < -0.4 is 10.1 Å². The number of rotatable bonds is 9. The van der Waals surface area contributed by atoms with Crippen molar-refractivity contribution in [2.45, 2.75) is 50.6 Å². The van der Waals surface area contributed by atoms with Crippen LogP contribution in [-0.4, -0.2) is 46.7 Å². The molecule has 10 heteroatoms. The van der Waals surface area contributed by atoms with Crippen LogP contribution in [0, 0.1) is 5.92 Å². The molecule has 1 aromatic carbocycles. The Kier molecular flexibility index (Phi) is 8.16. The normalized spacial score (nSPS) is 16.5. The van der Waals surface area contributed by atoms with Gasteiger partial charge >= 0.3 is 6.18 Å². The summed E-state index contributed by atoms with van der Waals surface area (Å²) in [4.78, 5) is 35.4. The molecule has 2 aromatic heterocycles. The van der Waals surface area contributed by atoms with Gasteiger partial charge in [0.1, 0.15) is 23.1 Å². The molecular formula is C30H31F3N4O3. The number of pyridine rings is 2. The molecule has 3 aromatic rings. The Morgan fingerprint density at radius 3 is 2.42 bits per heavy atom. The molecule has 1 amide bonds. The van der Waals surface area contributed by atoms with Crippen LogP contribution in [0.25, 0.3) is 0 Å². The van der Waals surface area contributed by atoms with Gasteiger partial charge in [0, 0.05) is 36.7 Å². The van der Waals surface area contributed by atoms with E-state index in [1.165, 1.54) is 18.5 Å². The first-order chi connectivity index (χ1) is 19.1. The molecule has 1 saturated carbocycles. The van der Waals surface area contributed by atoms with Crippen LogP contribution in [0.5, 0.6) is 11.5 Å². The van der Waals surface area contributed by atoms with Crippen molar-refractivity contribution in [2.75, 3.05) is 25.5 Å². The number of ether oxygens (including phenoxy) is 1. The smallest absolute Gasteiger partial charge is 0.416 e. The van der Waals surface area contributed by atoms with Crippen molar-refractivity contribution in [3.8, 4) is 11.5 Å². The van der Waals surface area contributed by atoms with E-state index in [1.807, 2.05) is 7.05 Å². The number of benzene rings is 1. The van der Waals surface area contributed by atoms with Crippen LogP contribution in [0.15, 0.2) is 54.9 Å². The van der Waals surface area contributed by atoms with Gasteiger partial charge in [-0.05, 0) is 93.2 Å². The summed E-state index contributed by atoms with van der Waals surface area (Å²) in [6, 6.07) is 10.7. The van der Waals surface area contributed by atoms with Gasteiger partial charge in [-0.15, -0.1) is 0 Å². The Morgan fingerprint density at radius 2 is 1.75 bits per heavy atom. The maximum absolute atomic E-state index is 13.6. The van der Waals surface area contributed by atoms with E-state index >= 15 is 0 Å². The second kappa shape index (κ2) is 11.8. The van der Waals surface area contributed by atoms with Crippen molar-refractivity contribution in [1.29, 1.82) is 0 Å². The summed E-state index contributed by atoms with van der Waals surface area (Å²) in [6.07, 6.45) is 1.79. The molecule has 1 saturated heterocycles. The van der Waals surface area contributed by atoms with Gasteiger partial charge in [0.25, 0.3) is 0 Å². The Labute approximate surface area is 230 Å². The number of anilines is 1. The Bertz CT molecular complexity index is 1370. The minimum Gasteiger partial charge on any atom is -0.456 e. The molecule has 40 heavy (non-hydrogen) atoms. The number of aromatic nitrogens is 2. The number of carbonyl (C=O) groups excluding carboxylic acids is 2. The van der Waals surface area contributed by atoms with Gasteiger partial charge in [-0.1, -0.05) is 6.07 Å². The maximum atomic E-state index is 13.6. The number of amides is 1. The van der Waals surface area contributed by atoms with E-state index in [-0.39, 0.29) is 36.4 Å². The van der Waals surface area contributed by atoms with Crippen LogP contribution in [0.2, 0.25) is 0 Å². The van der Waals surface area contributed by atoms with Crippen molar-refractivity contribution in [3.05, 3.63) is 77.2 Å². The SMILES string of the molecule is CN1CCC(c2cc(CC(=O)Cc3ccc(Oc4ccnc(NC(=O)C5CC5)c4)cn3)cc(C(F)(F)F)c2)CC1. The number of halogens is 3. The molecule has 1 aliphatic heterocycles. The number of piperidine rings is 1. The number of ketones is 1. The fourth-order valence-electron chi connectivity index (χ4n) is 4.88. The molecule has 2 aliphatic rings. The Morgan fingerprint density at radius 1 is 0.975 bits per heavy atom. The van der Waals surface area contributed by atoms with Gasteiger partial charge in [0.2, 0.25) is 5.91 Å². The van der Waals surface area contributed by atoms with Gasteiger partial charge in [0.05, 0.1) is 11.8 Å². The van der Waals surface area contributed by atoms with Crippen molar-refractivity contribution in [3.63, 3.8) is 0 Å². The molecule has 1 aliphatic carbocycles. The summed E-state index contributed by atoms with van der Waals surface area (Å²) < 4.78 is 46.7. The number of Topliss-reactive ketones (excluding diaryl/α,β-unsaturated/α-hetero) is 1. The van der Waals surface area contributed by atoms with Crippen LogP contribution in [0.1, 0.15) is 54.0 Å². The lowest BCUT2D eigenvalue weighted by molar-refractivity contribution is -0.137. The number of carbonyl (C=O) groups is 2. The third-order valence-corrected chi connectivity index (χ3v) is 7.28. The van der Waals surface area contributed by atoms with Crippen molar-refractivity contribution in [1.82, 2.24) is 14.9 Å². The highest BCUT2D eigenvalue weighted by Gasteiger charge is 2.32. The zero-order chi connectivity index (χ0) is 28.3. The van der Waals surface area contributed by atoms with Crippen molar-refractivity contribution >= 4 is 17.5 Å². The highest BCUT2D eigenvalue weighted by atomic mass is 19.4. The van der Waals surface area contributed by atoms with Gasteiger partial charge in [0.15, 0.2) is 0 Å². The number of hydrogen-bond acceptors (Lipinski definition) is 6. The number of nitrogens with zero attached hydrogens (tertiary/aromatic N) is 3. The molecular weight excluding hydrogens is 521 g/mol. The van der Waals surface area contributed by atoms with Crippen LogP contribution in [-0.2, 0) is 28.6 Å². The number of alkyl halides is 3. The number of likely N-dealkylation sites (tertiary alicyclic amines) is 1. The predicted molar refractivity (Wildman–Crippen MR) is 143 cm³/mol. The molecule has 0 radical (unpaired) electrons. The first-order valence-electron chi connectivity index (χ1n) is 13.4. The van der Waals surface area contributed by atoms with Gasteiger partial charge < -0.3 is 15.0 Å². The fraction of sp³-hybridized carbons (Fsp3) is 0.400. The third kappa shape index (κ3) is 7.44. The van der Waals surface area contributed by atoms with Crippen LogP contribution in [0.4, 0.5) is 19.0 Å². The first kappa shape index (κ1) is 27.8. The standard InChI is InChI=1S/C30H31F3N4O3/c1-37-10-7-20(8-11-37)22-12-19(13-23(15-22)30(31,32)33)14-25(38)16-24-4-5-27(18-35-24)40-26-6-9-34-28(17-26)36-29(39)21-2-3-21/h4-6,9,12-13,15,17-18,20-21H,2-3,7-8,10-11,14,16H2,1H3,(H,34,36,39). The molecule has 0 atom stereocenters. The van der Waals surface area contributed by atoms with Gasteiger partial charge in [-0.25, -0.2) is 4.98 Å². The summed E-state index contributed by atoms with van der Waals surface area (Å²) in [5.41, 5.74) is 0.803. The second-order valence-corrected chi connectivity index (χ2v) is 10.7. The molecule has 2 fully saturated rings. The maximum Gasteiger partial charge on any atom is 0.416 e. The van der Waals surface area contributed by atoms with E-state index in [1.54, 1.807) is 30.3 Å². The largest absolute Gasteiger partial charge is 0.456 e. The molecule has 210 valence electrons. The quantitative estimate of drug-likeness (QED) is 0.361. The third-order valence-electron chi connectivity index (χ3n) is 7.28. The molecule has 1 N–H and O–H groups in total. The Hall–Kier alpha value is -3.79. The average molecular weight is 553 g/mol. The predicted octanol–water partition coefficient (Wildman–Crippen LogP) is 5.80. The Balaban J connectivity index is 1.21. The lowest BCUT2D eigenvalue weighted by atomic mass is 9.87. The summed E-state index contributed by atoms with van der Waals surface area (Å²) in [6.45, 7) is 1.67. The topological polar surface area (TPSA) is 84.4 Å². The zero-order valence-corrected chi connectivity index (χ0v) is 22.2. The lowest BCUT2D eigenvalue weighted by Gasteiger charge is -2.29. The molecule has 5 rings (SSSR count). The van der Waals surface area contributed by atoms with E-state index in [0.717, 1.165) is 44.8 Å². The summed E-state index contributed by atoms with van der Waals surface area (Å²) in [5.74, 6) is 1.13. The van der Waals surface area contributed by atoms with E-state index in [9.17, 15) is 22.8 Å². The lowest BCUT2D eigenvalue weighted by Crippen LogP contribution is -2.29. The second-order valence-electron chi connectivity index (χ2n) is 10.7. The molecule has 0 unspecified atom stereocenters. The van der Waals surface area contributed by atoms with Crippen LogP contribution >= 0.6 is 0 Å². The highest BCUT2D eigenvalue weighted by Crippen LogP contribution is 2.35. The average Bonchev–Trinajstić information content (AvgIpc) is 3.76. The molecule has 7 nitrogen and oxygen atoms in total. The first-order valence-corrected chi connectivity index (χ1v) is 13.4. The van der Waals surface area contributed by atoms with E-state index in [2.05, 4.69) is 20.2 Å². The minimum absolute atomic E-state index is 0.00726. The van der Waals surface area contributed by atoms with Crippen molar-refractivity contribution < 1.29 is 27.5 Å².